The molecule has 0 aliphatic heterocycles. The number of hydrogen-bond donors (Lipinski definition) is 0. The molecule has 0 aliphatic rings. The van der Waals surface area contributed by atoms with Gasteiger partial charge in [0.2, 0.25) is 0 Å². The Bertz CT molecular complexity index is 98.4. The van der Waals surface area contributed by atoms with Crippen LogP contribution in [0.3, 0.4) is 0 Å². The van der Waals surface area contributed by atoms with Crippen molar-refractivity contribution in [2.45, 2.75) is 33.3 Å². The van der Waals surface area contributed by atoms with E-state index < -0.39 is 0 Å². The second-order valence-corrected chi connectivity index (χ2v) is 2.71. The number of rotatable bonds is 0. The van der Waals surface area contributed by atoms with Gasteiger partial charge < -0.3 is 6.16 Å². The normalized spacial score (nSPS) is 9.78. The van der Waals surface area contributed by atoms with Gasteiger partial charge in [-0.15, -0.1) is 0 Å². The van der Waals surface area contributed by atoms with Crippen LogP contribution in [0, 0.1) is 0 Å². The van der Waals surface area contributed by atoms with Gasteiger partial charge >= 0.3 is 35.5 Å². The molecule has 0 atom stereocenters. The van der Waals surface area contributed by atoms with Crippen molar-refractivity contribution in [1.82, 2.24) is 0 Å². The average Bonchev–Trinajstić information content (AvgIpc) is 1.21. The summed E-state index contributed by atoms with van der Waals surface area (Å²) in [5.41, 5.74) is -0.328. The van der Waals surface area contributed by atoms with Crippen LogP contribution in [-0.2, 0) is 9.53 Å². The van der Waals surface area contributed by atoms with E-state index in [1.165, 1.54) is 6.92 Å². The second kappa shape index (κ2) is 4.31. The Hall–Kier alpha value is 0.470. The molecule has 0 aromatic rings. The molecule has 2 nitrogen and oxygen atoms in total. The second-order valence-electron chi connectivity index (χ2n) is 2.71. The van der Waals surface area contributed by atoms with E-state index in [-0.39, 0.29) is 42.6 Å². The zero-order valence-electron chi connectivity index (χ0n) is 7.82. The van der Waals surface area contributed by atoms with Crippen LogP contribution in [-0.4, -0.2) is 11.6 Å². The first-order chi connectivity index (χ1) is 3.42. The van der Waals surface area contributed by atoms with Crippen molar-refractivity contribution in [3.63, 3.8) is 0 Å². The van der Waals surface area contributed by atoms with Crippen molar-refractivity contribution >= 4 is 5.97 Å². The summed E-state index contributed by atoms with van der Waals surface area (Å²) < 4.78 is 4.80. The summed E-state index contributed by atoms with van der Waals surface area (Å²) in [6.07, 6.45) is 0. The third kappa shape index (κ3) is 11.8. The molecule has 50 valence electrons. The Labute approximate surface area is 79.7 Å². The summed E-state index contributed by atoms with van der Waals surface area (Å²) in [5, 5.41) is 0. The topological polar surface area (TPSA) is 26.3 Å². The van der Waals surface area contributed by atoms with Crippen LogP contribution < -0.4 is 29.6 Å². The largest absolute Gasteiger partial charge is 1.00 e. The molecule has 0 amide bonds. The van der Waals surface area contributed by atoms with Gasteiger partial charge in [0.15, 0.2) is 0 Å². The fourth-order valence-corrected chi connectivity index (χ4v) is 0.431. The van der Waals surface area contributed by atoms with Crippen LogP contribution in [0.1, 0.15) is 29.1 Å². The van der Waals surface area contributed by atoms with E-state index in [9.17, 15) is 4.79 Å². The first-order valence-corrected chi connectivity index (χ1v) is 2.61. The fraction of sp³-hybridized carbons (Fsp3) is 0.833. The predicted molar refractivity (Wildman–Crippen MR) is 32.6 cm³/mol. The van der Waals surface area contributed by atoms with Crippen molar-refractivity contribution in [3.8, 4) is 0 Å². The number of carbonyl (C=O) groups excluding carboxylic acids is 1. The molecule has 0 unspecified atom stereocenters. The summed E-state index contributed by atoms with van der Waals surface area (Å²) in [6.45, 7) is 6.93. The van der Waals surface area contributed by atoms with Crippen LogP contribution in [0.25, 0.3) is 0 Å². The maximum absolute atomic E-state index is 10.2. The summed E-state index contributed by atoms with van der Waals surface area (Å²) in [5.74, 6) is -0.225. The summed E-state index contributed by atoms with van der Waals surface area (Å²) >= 11 is 0. The zero-order valence-corrected chi connectivity index (χ0v) is 8.82. The predicted octanol–water partition coefficient (Wildman–Crippen LogP) is -1.54. The first kappa shape index (κ1) is 12.2. The van der Waals surface area contributed by atoms with Crippen LogP contribution in [0.15, 0.2) is 0 Å². The fourth-order valence-electron chi connectivity index (χ4n) is 0.431. The van der Waals surface area contributed by atoms with Gasteiger partial charge in [-0.1, -0.05) is 0 Å². The Morgan fingerprint density at radius 1 is 1.44 bits per heavy atom. The van der Waals surface area contributed by atoms with Crippen molar-refractivity contribution in [2.24, 2.45) is 0 Å². The van der Waals surface area contributed by atoms with E-state index in [4.69, 9.17) is 4.74 Å². The molecular weight excluding hydrogens is 127 g/mol. The molecule has 0 spiro atoms. The van der Waals surface area contributed by atoms with Gasteiger partial charge in [-0.3, -0.25) is 4.79 Å². The van der Waals surface area contributed by atoms with Crippen molar-refractivity contribution in [2.75, 3.05) is 0 Å². The molecule has 0 aliphatic carbocycles. The molecule has 0 aromatic carbocycles. The minimum Gasteiger partial charge on any atom is -1.00 e. The molecule has 0 radical (unpaired) electrons. The van der Waals surface area contributed by atoms with E-state index in [0.29, 0.717) is 0 Å². The van der Waals surface area contributed by atoms with Gasteiger partial charge in [0.05, 0.1) is 0 Å². The van der Waals surface area contributed by atoms with E-state index in [1.807, 2.05) is 20.8 Å². The van der Waals surface area contributed by atoms with Gasteiger partial charge in [-0.2, -0.15) is 0 Å². The van der Waals surface area contributed by atoms with Gasteiger partial charge in [0, 0.05) is 6.92 Å². The number of ether oxygens (including phenoxy) is 1. The molecule has 0 fully saturated rings. The summed E-state index contributed by atoms with van der Waals surface area (Å²) in [6, 6.07) is 0. The van der Waals surface area contributed by atoms with Gasteiger partial charge in [0.1, 0.15) is 5.60 Å². The number of carbonyl (C=O) groups is 1. The number of hydrogen-bond acceptors (Lipinski definition) is 2. The molecule has 9 heavy (non-hydrogen) atoms. The third-order valence-corrected chi connectivity index (χ3v) is 0.450. The van der Waals surface area contributed by atoms with Crippen LogP contribution in [0.5, 0.6) is 0 Å². The van der Waals surface area contributed by atoms with Crippen molar-refractivity contribution in [3.05, 3.63) is 0 Å². The summed E-state index contributed by atoms with van der Waals surface area (Å²) in [4.78, 5) is 10.2. The smallest absolute Gasteiger partial charge is 1.00 e. The maximum Gasteiger partial charge on any atom is 1.00 e. The monoisotopic (exact) mass is 140 g/mol. The average molecular weight is 140 g/mol. The summed E-state index contributed by atoms with van der Waals surface area (Å²) in [7, 11) is 0. The standard InChI is InChI=1S/C6H12O2.Na.H/c1-5(7)8-6(2,3)4;;/h1-4H3;;/q;+1;-1. The molecule has 3 heteroatoms. The van der Waals surface area contributed by atoms with Crippen molar-refractivity contribution < 1.29 is 40.5 Å². The van der Waals surface area contributed by atoms with E-state index in [1.54, 1.807) is 0 Å². The van der Waals surface area contributed by atoms with E-state index in [2.05, 4.69) is 0 Å². The minimum absolute atomic E-state index is 0. The zero-order chi connectivity index (χ0) is 6.78. The molecule has 0 heterocycles. The van der Waals surface area contributed by atoms with Gasteiger partial charge in [-0.25, -0.2) is 0 Å². The Balaban J connectivity index is -0.000000245. The van der Waals surface area contributed by atoms with Gasteiger partial charge in [0.25, 0.3) is 0 Å². The third-order valence-electron chi connectivity index (χ3n) is 0.450. The Morgan fingerprint density at radius 3 is 1.78 bits per heavy atom. The maximum atomic E-state index is 10.2. The minimum atomic E-state index is -0.328. The first-order valence-electron chi connectivity index (χ1n) is 2.61. The molecule has 0 saturated heterocycles. The molecule has 0 rings (SSSR count). The Morgan fingerprint density at radius 2 is 1.78 bits per heavy atom. The molecule has 0 N–H and O–H groups in total. The van der Waals surface area contributed by atoms with Crippen molar-refractivity contribution in [1.29, 1.82) is 0 Å². The van der Waals surface area contributed by atoms with Gasteiger partial charge in [-0.05, 0) is 20.8 Å². The number of esters is 1. The van der Waals surface area contributed by atoms with E-state index >= 15 is 0 Å². The van der Waals surface area contributed by atoms with Crippen LogP contribution in [0.4, 0.5) is 0 Å². The molecule has 0 bridgehead atoms. The molecule has 0 saturated carbocycles. The molecular formula is C6H13NaO2. The Kier molecular flexibility index (Phi) is 5.83. The SMILES string of the molecule is CC(=O)OC(C)(C)C.[H-].[Na+]. The van der Waals surface area contributed by atoms with Crippen LogP contribution in [0.2, 0.25) is 0 Å². The van der Waals surface area contributed by atoms with E-state index in [0.717, 1.165) is 0 Å². The quantitative estimate of drug-likeness (QED) is 0.301. The van der Waals surface area contributed by atoms with Crippen LogP contribution >= 0.6 is 0 Å². The molecule has 0 aromatic heterocycles.